The Hall–Kier alpha value is -0.590. The molecular formula is C7H15ClN2O3S. The van der Waals surface area contributed by atoms with Gasteiger partial charge in [0.15, 0.2) is 0 Å². The first kappa shape index (κ1) is 15.9. The van der Waals surface area contributed by atoms with Crippen LogP contribution in [0.3, 0.4) is 0 Å². The maximum atomic E-state index is 9.79. The summed E-state index contributed by atoms with van der Waals surface area (Å²) in [4.78, 5) is 3.78. The SMILES string of the molecule is CCCS(=O)(=O)O.Cl.Cn1ccnc1. The van der Waals surface area contributed by atoms with Gasteiger partial charge in [0.05, 0.1) is 12.1 Å². The van der Waals surface area contributed by atoms with Gasteiger partial charge >= 0.3 is 0 Å². The van der Waals surface area contributed by atoms with Crippen molar-refractivity contribution in [3.05, 3.63) is 18.7 Å². The van der Waals surface area contributed by atoms with Crippen molar-refractivity contribution in [2.24, 2.45) is 7.05 Å². The van der Waals surface area contributed by atoms with Crippen LogP contribution in [0, 0.1) is 0 Å². The van der Waals surface area contributed by atoms with Gasteiger partial charge in [-0.1, -0.05) is 6.92 Å². The fourth-order valence-electron chi connectivity index (χ4n) is 0.584. The van der Waals surface area contributed by atoms with Crippen molar-refractivity contribution in [1.29, 1.82) is 0 Å². The summed E-state index contributed by atoms with van der Waals surface area (Å²) in [6.07, 6.45) is 5.86. The molecule has 0 saturated heterocycles. The van der Waals surface area contributed by atoms with E-state index in [1.54, 1.807) is 19.4 Å². The molecule has 0 saturated carbocycles. The van der Waals surface area contributed by atoms with Crippen molar-refractivity contribution in [2.75, 3.05) is 5.75 Å². The van der Waals surface area contributed by atoms with Crippen molar-refractivity contribution >= 4 is 22.5 Å². The molecule has 14 heavy (non-hydrogen) atoms. The molecule has 0 amide bonds. The minimum Gasteiger partial charge on any atom is -0.341 e. The van der Waals surface area contributed by atoms with Crippen LogP contribution in [-0.4, -0.2) is 28.3 Å². The molecule has 0 atom stereocenters. The standard InChI is InChI=1S/C4H6N2.C3H8O3S.ClH/c1-6-3-2-5-4-6;1-2-3-7(4,5)6;/h2-4H,1H3;2-3H2,1H3,(H,4,5,6);1H. The van der Waals surface area contributed by atoms with Crippen molar-refractivity contribution in [3.63, 3.8) is 0 Å². The molecule has 0 aliphatic heterocycles. The van der Waals surface area contributed by atoms with Gasteiger partial charge in [0, 0.05) is 19.4 Å². The predicted molar refractivity (Wildman–Crippen MR) is 57.2 cm³/mol. The first-order valence-electron chi connectivity index (χ1n) is 3.83. The summed E-state index contributed by atoms with van der Waals surface area (Å²) in [5.41, 5.74) is 0. The number of imidazole rings is 1. The number of nitrogens with zero attached hydrogens (tertiary/aromatic N) is 2. The summed E-state index contributed by atoms with van der Waals surface area (Å²) >= 11 is 0. The van der Waals surface area contributed by atoms with Gasteiger partial charge < -0.3 is 4.57 Å². The third kappa shape index (κ3) is 11.4. The van der Waals surface area contributed by atoms with Gasteiger partial charge in [-0.15, -0.1) is 12.4 Å². The first-order valence-corrected chi connectivity index (χ1v) is 5.43. The van der Waals surface area contributed by atoms with Gasteiger partial charge in [-0.25, -0.2) is 4.98 Å². The maximum absolute atomic E-state index is 9.79. The van der Waals surface area contributed by atoms with Crippen LogP contribution in [0.15, 0.2) is 18.7 Å². The van der Waals surface area contributed by atoms with E-state index in [9.17, 15) is 8.42 Å². The van der Waals surface area contributed by atoms with Crippen molar-refractivity contribution in [3.8, 4) is 0 Å². The zero-order valence-corrected chi connectivity index (χ0v) is 9.75. The second-order valence-corrected chi connectivity index (χ2v) is 4.09. The average molecular weight is 243 g/mol. The first-order chi connectivity index (χ1) is 5.95. The third-order valence-corrected chi connectivity index (χ3v) is 2.02. The molecule has 1 rings (SSSR count). The molecule has 7 heteroatoms. The lowest BCUT2D eigenvalue weighted by Crippen LogP contribution is -2.01. The number of halogens is 1. The monoisotopic (exact) mass is 242 g/mol. The number of hydrogen-bond donors (Lipinski definition) is 1. The molecular weight excluding hydrogens is 228 g/mol. The summed E-state index contributed by atoms with van der Waals surface area (Å²) < 4.78 is 29.5. The highest BCUT2D eigenvalue weighted by atomic mass is 35.5. The van der Waals surface area contributed by atoms with E-state index in [1.165, 1.54) is 0 Å². The lowest BCUT2D eigenvalue weighted by molar-refractivity contribution is 0.482. The summed E-state index contributed by atoms with van der Waals surface area (Å²) in [6, 6.07) is 0. The second-order valence-electron chi connectivity index (χ2n) is 2.51. The van der Waals surface area contributed by atoms with E-state index in [0.29, 0.717) is 6.42 Å². The average Bonchev–Trinajstić information content (AvgIpc) is 2.38. The van der Waals surface area contributed by atoms with Crippen molar-refractivity contribution < 1.29 is 13.0 Å². The summed E-state index contributed by atoms with van der Waals surface area (Å²) in [5, 5.41) is 0. The molecule has 0 spiro atoms. The predicted octanol–water partition coefficient (Wildman–Crippen LogP) is 1.13. The molecule has 1 N–H and O–H groups in total. The minimum absolute atomic E-state index is 0. The Morgan fingerprint density at radius 1 is 1.50 bits per heavy atom. The molecule has 0 aliphatic carbocycles. The zero-order valence-electron chi connectivity index (χ0n) is 8.12. The van der Waals surface area contributed by atoms with E-state index in [0.717, 1.165) is 0 Å². The highest BCUT2D eigenvalue weighted by Gasteiger charge is 1.98. The second kappa shape index (κ2) is 7.78. The van der Waals surface area contributed by atoms with Crippen LogP contribution in [0.2, 0.25) is 0 Å². The van der Waals surface area contributed by atoms with Crippen LogP contribution < -0.4 is 0 Å². The smallest absolute Gasteiger partial charge is 0.264 e. The lowest BCUT2D eigenvalue weighted by Gasteiger charge is -1.85. The molecule has 1 aromatic heterocycles. The fraction of sp³-hybridized carbons (Fsp3) is 0.571. The molecule has 0 unspecified atom stereocenters. The lowest BCUT2D eigenvalue weighted by atomic mass is 10.6. The van der Waals surface area contributed by atoms with Crippen LogP contribution in [0.25, 0.3) is 0 Å². The molecule has 0 aliphatic rings. The molecule has 0 bridgehead atoms. The Morgan fingerprint density at radius 2 is 2.07 bits per heavy atom. The van der Waals surface area contributed by atoms with E-state index < -0.39 is 10.1 Å². The van der Waals surface area contributed by atoms with Crippen LogP contribution in [0.5, 0.6) is 0 Å². The van der Waals surface area contributed by atoms with E-state index in [-0.39, 0.29) is 18.2 Å². The van der Waals surface area contributed by atoms with Gasteiger partial charge in [-0.3, -0.25) is 4.55 Å². The molecule has 1 heterocycles. The largest absolute Gasteiger partial charge is 0.341 e. The van der Waals surface area contributed by atoms with Crippen LogP contribution in [0.4, 0.5) is 0 Å². The fourth-order valence-corrected chi connectivity index (χ4v) is 1.10. The van der Waals surface area contributed by atoms with Crippen molar-refractivity contribution in [1.82, 2.24) is 9.55 Å². The van der Waals surface area contributed by atoms with E-state index in [1.807, 2.05) is 17.8 Å². The molecule has 0 aromatic carbocycles. The molecule has 1 aromatic rings. The molecule has 84 valence electrons. The quantitative estimate of drug-likeness (QED) is 0.789. The summed E-state index contributed by atoms with van der Waals surface area (Å²) in [6.45, 7) is 1.69. The minimum atomic E-state index is -3.67. The Morgan fingerprint density at radius 3 is 2.14 bits per heavy atom. The molecule has 5 nitrogen and oxygen atoms in total. The normalized spacial score (nSPS) is 9.64. The summed E-state index contributed by atoms with van der Waals surface area (Å²) in [7, 11) is -1.74. The Labute approximate surface area is 90.3 Å². The Bertz CT molecular complexity index is 310. The van der Waals surface area contributed by atoms with E-state index >= 15 is 0 Å². The number of aryl methyl sites for hydroxylation is 1. The topological polar surface area (TPSA) is 72.2 Å². The highest BCUT2D eigenvalue weighted by Crippen LogP contribution is 1.83. The number of rotatable bonds is 2. The van der Waals surface area contributed by atoms with Crippen LogP contribution in [-0.2, 0) is 17.2 Å². The van der Waals surface area contributed by atoms with Gasteiger partial charge in [-0.05, 0) is 6.42 Å². The van der Waals surface area contributed by atoms with Gasteiger partial charge in [-0.2, -0.15) is 8.42 Å². The van der Waals surface area contributed by atoms with Gasteiger partial charge in [0.1, 0.15) is 0 Å². The zero-order chi connectivity index (χ0) is 10.3. The van der Waals surface area contributed by atoms with Gasteiger partial charge in [0.25, 0.3) is 10.1 Å². The van der Waals surface area contributed by atoms with Crippen LogP contribution >= 0.6 is 12.4 Å². The Kier molecular flexibility index (Phi) is 8.82. The molecule has 0 radical (unpaired) electrons. The number of hydrogen-bond acceptors (Lipinski definition) is 3. The van der Waals surface area contributed by atoms with Gasteiger partial charge in [0.2, 0.25) is 0 Å². The Balaban J connectivity index is 0. The summed E-state index contributed by atoms with van der Waals surface area (Å²) in [5.74, 6) is -0.132. The maximum Gasteiger partial charge on any atom is 0.264 e. The van der Waals surface area contributed by atoms with Crippen molar-refractivity contribution in [2.45, 2.75) is 13.3 Å². The van der Waals surface area contributed by atoms with E-state index in [4.69, 9.17) is 4.55 Å². The molecule has 0 fully saturated rings. The van der Waals surface area contributed by atoms with E-state index in [2.05, 4.69) is 4.98 Å². The number of aromatic nitrogens is 2. The van der Waals surface area contributed by atoms with Crippen LogP contribution in [0.1, 0.15) is 13.3 Å². The highest BCUT2D eigenvalue weighted by molar-refractivity contribution is 7.85. The third-order valence-electron chi connectivity index (χ3n) is 1.10.